The fraction of sp³-hybridized carbons (Fsp3) is 0.190. The molecular formula is C21H22N2O3. The number of carbonyl (C=O) groups is 3. The molecule has 0 unspecified atom stereocenters. The second-order valence-electron chi connectivity index (χ2n) is 5.94. The minimum atomic E-state index is -0.392. The van der Waals surface area contributed by atoms with Crippen LogP contribution in [0.25, 0.3) is 0 Å². The van der Waals surface area contributed by atoms with Crippen LogP contribution in [0, 0.1) is 0 Å². The fourth-order valence-electron chi connectivity index (χ4n) is 2.33. The molecule has 0 aliphatic carbocycles. The first-order valence-electron chi connectivity index (χ1n) is 8.38. The molecule has 0 heterocycles. The number of anilines is 1. The number of hydrogen-bond donors (Lipinski definition) is 2. The van der Waals surface area contributed by atoms with Gasteiger partial charge in [-0.2, -0.15) is 0 Å². The number of ketones is 1. The quantitative estimate of drug-likeness (QED) is 0.595. The molecule has 2 rings (SSSR count). The van der Waals surface area contributed by atoms with Crippen molar-refractivity contribution >= 4 is 23.3 Å². The standard InChI is InChI=1S/C21H22N2O3/c1-15(21(26)22-13-12-17-6-4-3-5-7-17)14-20(25)23-19-10-8-18(9-11-19)16(2)24/h3-11,14H,12-13H2,1-2H3,(H,22,26)(H,23,25)/b15-14-. The molecule has 0 bridgehead atoms. The lowest BCUT2D eigenvalue weighted by Crippen LogP contribution is -2.27. The molecule has 0 radical (unpaired) electrons. The van der Waals surface area contributed by atoms with Gasteiger partial charge in [0.15, 0.2) is 5.78 Å². The van der Waals surface area contributed by atoms with Gasteiger partial charge in [-0.15, -0.1) is 0 Å². The Morgan fingerprint density at radius 1 is 0.923 bits per heavy atom. The van der Waals surface area contributed by atoms with Crippen molar-refractivity contribution in [3.63, 3.8) is 0 Å². The molecular weight excluding hydrogens is 328 g/mol. The van der Waals surface area contributed by atoms with Crippen molar-refractivity contribution in [2.75, 3.05) is 11.9 Å². The highest BCUT2D eigenvalue weighted by Crippen LogP contribution is 2.10. The Morgan fingerprint density at radius 3 is 2.19 bits per heavy atom. The van der Waals surface area contributed by atoms with Gasteiger partial charge >= 0.3 is 0 Å². The maximum atomic E-state index is 12.0. The molecule has 0 aromatic heterocycles. The SMILES string of the molecule is CC(=O)c1ccc(NC(=O)/C=C(/C)C(=O)NCCc2ccccc2)cc1. The average Bonchev–Trinajstić information content (AvgIpc) is 2.62. The van der Waals surface area contributed by atoms with Gasteiger partial charge in [0, 0.05) is 29.4 Å². The van der Waals surface area contributed by atoms with Gasteiger partial charge in [0.2, 0.25) is 11.8 Å². The van der Waals surface area contributed by atoms with E-state index in [4.69, 9.17) is 0 Å². The van der Waals surface area contributed by atoms with Crippen LogP contribution < -0.4 is 10.6 Å². The lowest BCUT2D eigenvalue weighted by molar-refractivity contribution is -0.118. The van der Waals surface area contributed by atoms with Gasteiger partial charge < -0.3 is 10.6 Å². The molecule has 2 amide bonds. The van der Waals surface area contributed by atoms with Crippen LogP contribution in [0.5, 0.6) is 0 Å². The van der Waals surface area contributed by atoms with E-state index in [1.807, 2.05) is 30.3 Å². The molecule has 0 saturated heterocycles. The minimum Gasteiger partial charge on any atom is -0.352 e. The Morgan fingerprint density at radius 2 is 1.58 bits per heavy atom. The summed E-state index contributed by atoms with van der Waals surface area (Å²) in [6, 6.07) is 16.4. The van der Waals surface area contributed by atoms with Crippen molar-refractivity contribution in [1.82, 2.24) is 5.32 Å². The smallest absolute Gasteiger partial charge is 0.248 e. The van der Waals surface area contributed by atoms with Crippen molar-refractivity contribution < 1.29 is 14.4 Å². The first-order valence-corrected chi connectivity index (χ1v) is 8.38. The molecule has 26 heavy (non-hydrogen) atoms. The molecule has 2 aromatic carbocycles. The lowest BCUT2D eigenvalue weighted by atomic mass is 10.1. The second kappa shape index (κ2) is 9.32. The van der Waals surface area contributed by atoms with E-state index in [0.717, 1.165) is 12.0 Å². The summed E-state index contributed by atoms with van der Waals surface area (Å²) in [7, 11) is 0. The summed E-state index contributed by atoms with van der Waals surface area (Å²) in [6.45, 7) is 3.58. The summed E-state index contributed by atoms with van der Waals surface area (Å²) in [5.41, 5.74) is 2.61. The van der Waals surface area contributed by atoms with Gasteiger partial charge in [-0.25, -0.2) is 0 Å². The predicted molar refractivity (Wildman–Crippen MR) is 102 cm³/mol. The number of carbonyl (C=O) groups excluding carboxylic acids is 3. The first kappa shape index (κ1) is 19.1. The Hall–Kier alpha value is -3.21. The minimum absolute atomic E-state index is 0.0363. The van der Waals surface area contributed by atoms with Crippen LogP contribution >= 0.6 is 0 Å². The fourth-order valence-corrected chi connectivity index (χ4v) is 2.33. The summed E-state index contributed by atoms with van der Waals surface area (Å²) >= 11 is 0. The van der Waals surface area contributed by atoms with E-state index in [1.165, 1.54) is 13.0 Å². The molecule has 2 N–H and O–H groups in total. The van der Waals surface area contributed by atoms with Crippen molar-refractivity contribution in [1.29, 1.82) is 0 Å². The Labute approximate surface area is 153 Å². The number of benzene rings is 2. The van der Waals surface area contributed by atoms with E-state index < -0.39 is 5.91 Å². The molecule has 0 aliphatic rings. The normalized spacial score (nSPS) is 10.9. The number of rotatable bonds is 7. The Kier molecular flexibility index (Phi) is 6.85. The first-order chi connectivity index (χ1) is 12.5. The highest BCUT2D eigenvalue weighted by molar-refractivity contribution is 6.06. The molecule has 0 saturated carbocycles. The summed E-state index contributed by atoms with van der Waals surface area (Å²) in [5, 5.41) is 5.46. The third kappa shape index (κ3) is 6.02. The third-order valence-electron chi connectivity index (χ3n) is 3.81. The van der Waals surface area contributed by atoms with E-state index in [-0.39, 0.29) is 11.7 Å². The van der Waals surface area contributed by atoms with Crippen LogP contribution in [0.15, 0.2) is 66.2 Å². The zero-order chi connectivity index (χ0) is 18.9. The monoisotopic (exact) mass is 350 g/mol. The molecule has 5 nitrogen and oxygen atoms in total. The van der Waals surface area contributed by atoms with Crippen molar-refractivity contribution in [3.8, 4) is 0 Å². The average molecular weight is 350 g/mol. The van der Waals surface area contributed by atoms with Crippen LogP contribution in [-0.4, -0.2) is 24.1 Å². The zero-order valence-electron chi connectivity index (χ0n) is 14.9. The van der Waals surface area contributed by atoms with Gasteiger partial charge in [0.1, 0.15) is 0 Å². The van der Waals surface area contributed by atoms with E-state index >= 15 is 0 Å². The van der Waals surface area contributed by atoms with Crippen molar-refractivity contribution in [2.45, 2.75) is 20.3 Å². The largest absolute Gasteiger partial charge is 0.352 e. The molecule has 134 valence electrons. The zero-order valence-corrected chi connectivity index (χ0v) is 14.9. The topological polar surface area (TPSA) is 75.3 Å². The maximum absolute atomic E-state index is 12.0. The van der Waals surface area contributed by atoms with Crippen LogP contribution in [0.1, 0.15) is 29.8 Å². The lowest BCUT2D eigenvalue weighted by Gasteiger charge is -2.06. The molecule has 0 spiro atoms. The van der Waals surface area contributed by atoms with E-state index in [0.29, 0.717) is 23.4 Å². The maximum Gasteiger partial charge on any atom is 0.248 e. The number of hydrogen-bond acceptors (Lipinski definition) is 3. The van der Waals surface area contributed by atoms with Gasteiger partial charge in [-0.3, -0.25) is 14.4 Å². The second-order valence-corrected chi connectivity index (χ2v) is 5.94. The van der Waals surface area contributed by atoms with Crippen molar-refractivity contribution in [2.24, 2.45) is 0 Å². The van der Waals surface area contributed by atoms with E-state index in [1.54, 1.807) is 31.2 Å². The molecule has 0 fully saturated rings. The van der Waals surface area contributed by atoms with Gasteiger partial charge in [-0.1, -0.05) is 30.3 Å². The third-order valence-corrected chi connectivity index (χ3v) is 3.81. The highest BCUT2D eigenvalue weighted by atomic mass is 16.2. The van der Waals surface area contributed by atoms with E-state index in [2.05, 4.69) is 10.6 Å². The van der Waals surface area contributed by atoms with E-state index in [9.17, 15) is 14.4 Å². The predicted octanol–water partition coefficient (Wildman–Crippen LogP) is 3.13. The number of Topliss-reactive ketones (excluding diaryl/α,β-unsaturated/α-hetero) is 1. The van der Waals surface area contributed by atoms with Crippen LogP contribution in [0.2, 0.25) is 0 Å². The highest BCUT2D eigenvalue weighted by Gasteiger charge is 2.07. The summed E-state index contributed by atoms with van der Waals surface area (Å²) < 4.78 is 0. The Balaban J connectivity index is 1.83. The summed E-state index contributed by atoms with van der Waals surface area (Å²) in [5.74, 6) is -0.704. The van der Waals surface area contributed by atoms with Gasteiger partial charge in [0.25, 0.3) is 0 Å². The molecule has 0 aliphatic heterocycles. The number of nitrogens with one attached hydrogen (secondary N) is 2. The van der Waals surface area contributed by atoms with Gasteiger partial charge in [0.05, 0.1) is 0 Å². The summed E-state index contributed by atoms with van der Waals surface area (Å²) in [6.07, 6.45) is 1.99. The number of amides is 2. The van der Waals surface area contributed by atoms with Gasteiger partial charge in [-0.05, 0) is 50.1 Å². The van der Waals surface area contributed by atoms with Crippen LogP contribution in [0.4, 0.5) is 5.69 Å². The molecule has 0 atom stereocenters. The summed E-state index contributed by atoms with van der Waals surface area (Å²) in [4.78, 5) is 35.3. The Bertz CT molecular complexity index is 809. The van der Waals surface area contributed by atoms with Crippen molar-refractivity contribution in [3.05, 3.63) is 77.4 Å². The molecule has 2 aromatic rings. The van der Waals surface area contributed by atoms with Crippen LogP contribution in [-0.2, 0) is 16.0 Å². The molecule has 5 heteroatoms. The van der Waals surface area contributed by atoms with Crippen LogP contribution in [0.3, 0.4) is 0 Å².